The van der Waals surface area contributed by atoms with Gasteiger partial charge >= 0.3 is 0 Å². The van der Waals surface area contributed by atoms with Crippen molar-refractivity contribution in [1.29, 1.82) is 0 Å². The molecule has 118 valence electrons. The maximum Gasteiger partial charge on any atom is 0.238 e. The van der Waals surface area contributed by atoms with Crippen molar-refractivity contribution in [3.63, 3.8) is 0 Å². The zero-order valence-corrected chi connectivity index (χ0v) is 12.7. The fourth-order valence-electron chi connectivity index (χ4n) is 3.33. The first-order chi connectivity index (χ1) is 10.7. The van der Waals surface area contributed by atoms with E-state index in [1.54, 1.807) is 7.11 Å². The van der Waals surface area contributed by atoms with E-state index in [0.29, 0.717) is 30.9 Å². The van der Waals surface area contributed by atoms with Crippen LogP contribution in [0.5, 0.6) is 5.75 Å². The molecule has 0 saturated carbocycles. The van der Waals surface area contributed by atoms with E-state index in [-0.39, 0.29) is 23.9 Å². The lowest BCUT2D eigenvalue weighted by molar-refractivity contribution is -0.122. The van der Waals surface area contributed by atoms with E-state index in [4.69, 9.17) is 4.74 Å². The number of hydrogen-bond donors (Lipinski definition) is 2. The molecule has 2 saturated heterocycles. The molecular formula is C16H21N3O3. The molecule has 2 atom stereocenters. The number of para-hydroxylation sites is 2. The van der Waals surface area contributed by atoms with Crippen molar-refractivity contribution in [1.82, 2.24) is 10.2 Å². The molecule has 3 rings (SSSR count). The Kier molecular flexibility index (Phi) is 4.29. The van der Waals surface area contributed by atoms with Gasteiger partial charge in [0.15, 0.2) is 0 Å². The van der Waals surface area contributed by atoms with Crippen molar-refractivity contribution < 1.29 is 14.3 Å². The van der Waals surface area contributed by atoms with Gasteiger partial charge in [0.25, 0.3) is 0 Å². The summed E-state index contributed by atoms with van der Waals surface area (Å²) in [4.78, 5) is 26.1. The minimum absolute atomic E-state index is 0.0734. The molecule has 0 aliphatic carbocycles. The minimum atomic E-state index is -0.0734. The Morgan fingerprint density at radius 3 is 2.95 bits per heavy atom. The summed E-state index contributed by atoms with van der Waals surface area (Å²) in [6.07, 6.45) is 2.51. The van der Waals surface area contributed by atoms with E-state index in [9.17, 15) is 9.59 Å². The maximum absolute atomic E-state index is 12.3. The van der Waals surface area contributed by atoms with Crippen molar-refractivity contribution in [2.45, 2.75) is 31.3 Å². The number of carbonyl (C=O) groups is 2. The third kappa shape index (κ3) is 3.06. The Balaban J connectivity index is 1.65. The molecule has 1 aromatic rings. The molecule has 2 aliphatic heterocycles. The van der Waals surface area contributed by atoms with E-state index in [0.717, 1.165) is 12.8 Å². The van der Waals surface area contributed by atoms with Crippen LogP contribution in [0.1, 0.15) is 19.3 Å². The Labute approximate surface area is 129 Å². The predicted octanol–water partition coefficient (Wildman–Crippen LogP) is 0.987. The second-order valence-corrected chi connectivity index (χ2v) is 5.81. The molecule has 0 aromatic heterocycles. The van der Waals surface area contributed by atoms with Gasteiger partial charge in [0.2, 0.25) is 11.8 Å². The van der Waals surface area contributed by atoms with E-state index >= 15 is 0 Å². The van der Waals surface area contributed by atoms with Crippen LogP contribution in [0.4, 0.5) is 5.69 Å². The zero-order chi connectivity index (χ0) is 15.5. The molecule has 2 N–H and O–H groups in total. The molecule has 6 heteroatoms. The summed E-state index contributed by atoms with van der Waals surface area (Å²) in [6, 6.07) is 7.79. The highest BCUT2D eigenvalue weighted by molar-refractivity contribution is 5.93. The van der Waals surface area contributed by atoms with Gasteiger partial charge in [0, 0.05) is 25.0 Å². The van der Waals surface area contributed by atoms with Crippen molar-refractivity contribution >= 4 is 17.5 Å². The summed E-state index contributed by atoms with van der Waals surface area (Å²) < 4.78 is 5.24. The van der Waals surface area contributed by atoms with Crippen LogP contribution in [0.15, 0.2) is 24.3 Å². The second kappa shape index (κ2) is 6.36. The largest absolute Gasteiger partial charge is 0.495 e. The number of fused-ring (bicyclic) bond motifs is 2. The Bertz CT molecular complexity index is 576. The lowest BCUT2D eigenvalue weighted by atomic mass is 10.1. The smallest absolute Gasteiger partial charge is 0.238 e. The monoisotopic (exact) mass is 303 g/mol. The van der Waals surface area contributed by atoms with Gasteiger partial charge in [-0.05, 0) is 25.0 Å². The van der Waals surface area contributed by atoms with Crippen molar-refractivity contribution in [2.24, 2.45) is 0 Å². The number of methoxy groups -OCH3 is 1. The van der Waals surface area contributed by atoms with Gasteiger partial charge < -0.3 is 15.4 Å². The van der Waals surface area contributed by atoms with E-state index in [1.165, 1.54) is 0 Å². The molecule has 2 aliphatic rings. The van der Waals surface area contributed by atoms with Gasteiger partial charge in [-0.25, -0.2) is 0 Å². The van der Waals surface area contributed by atoms with Gasteiger partial charge in [0.1, 0.15) is 5.75 Å². The Hall–Kier alpha value is -2.08. The maximum atomic E-state index is 12.3. The normalized spacial score (nSPS) is 24.5. The highest BCUT2D eigenvalue weighted by atomic mass is 16.5. The van der Waals surface area contributed by atoms with E-state index in [1.807, 2.05) is 24.3 Å². The van der Waals surface area contributed by atoms with Crippen LogP contribution in [0, 0.1) is 0 Å². The zero-order valence-electron chi connectivity index (χ0n) is 12.7. The summed E-state index contributed by atoms with van der Waals surface area (Å²) in [5, 5.41) is 5.81. The topological polar surface area (TPSA) is 70.7 Å². The highest BCUT2D eigenvalue weighted by Crippen LogP contribution is 2.28. The number of carbonyl (C=O) groups excluding carboxylic acids is 2. The first-order valence-electron chi connectivity index (χ1n) is 7.62. The van der Waals surface area contributed by atoms with Crippen LogP contribution in [0.3, 0.4) is 0 Å². The number of rotatable bonds is 4. The Morgan fingerprint density at radius 1 is 1.36 bits per heavy atom. The molecule has 2 amide bonds. The molecule has 2 fully saturated rings. The van der Waals surface area contributed by atoms with Crippen molar-refractivity contribution in [2.75, 3.05) is 25.5 Å². The van der Waals surface area contributed by atoms with Crippen LogP contribution in [-0.2, 0) is 9.59 Å². The first kappa shape index (κ1) is 14.8. The van der Waals surface area contributed by atoms with E-state index in [2.05, 4.69) is 15.5 Å². The molecule has 6 nitrogen and oxygen atoms in total. The van der Waals surface area contributed by atoms with Gasteiger partial charge in [0.05, 0.1) is 19.3 Å². The fraction of sp³-hybridized carbons (Fsp3) is 0.500. The molecule has 2 unspecified atom stereocenters. The number of nitrogens with zero attached hydrogens (tertiary/aromatic N) is 1. The Morgan fingerprint density at radius 2 is 2.14 bits per heavy atom. The van der Waals surface area contributed by atoms with Crippen LogP contribution in [0.2, 0.25) is 0 Å². The predicted molar refractivity (Wildman–Crippen MR) is 82.8 cm³/mol. The second-order valence-electron chi connectivity index (χ2n) is 5.81. The minimum Gasteiger partial charge on any atom is -0.495 e. The molecule has 0 radical (unpaired) electrons. The van der Waals surface area contributed by atoms with Gasteiger partial charge in [-0.3, -0.25) is 14.5 Å². The third-order valence-electron chi connectivity index (χ3n) is 4.43. The standard InChI is InChI=1S/C16H21N3O3/c1-22-14-5-3-2-4-13(14)18-16(21)10-19-11-6-7-12(19)9-17-15(20)8-11/h2-5,11-12H,6-10H2,1H3,(H,17,20)(H,18,21). The molecular weight excluding hydrogens is 282 g/mol. The molecule has 2 heterocycles. The number of benzene rings is 1. The molecule has 22 heavy (non-hydrogen) atoms. The number of nitrogens with one attached hydrogen (secondary N) is 2. The van der Waals surface area contributed by atoms with Gasteiger partial charge in [-0.15, -0.1) is 0 Å². The lowest BCUT2D eigenvalue weighted by Crippen LogP contribution is -2.42. The number of anilines is 1. The highest BCUT2D eigenvalue weighted by Gasteiger charge is 2.38. The quantitative estimate of drug-likeness (QED) is 0.870. The molecule has 1 aromatic carbocycles. The van der Waals surface area contributed by atoms with Gasteiger partial charge in [-0.1, -0.05) is 12.1 Å². The molecule has 2 bridgehead atoms. The van der Waals surface area contributed by atoms with Gasteiger partial charge in [-0.2, -0.15) is 0 Å². The van der Waals surface area contributed by atoms with Crippen LogP contribution >= 0.6 is 0 Å². The lowest BCUT2D eigenvalue weighted by Gasteiger charge is -2.26. The van der Waals surface area contributed by atoms with E-state index < -0.39 is 0 Å². The summed E-state index contributed by atoms with van der Waals surface area (Å²) in [7, 11) is 1.58. The molecule has 0 spiro atoms. The fourth-order valence-corrected chi connectivity index (χ4v) is 3.33. The average molecular weight is 303 g/mol. The average Bonchev–Trinajstić information content (AvgIpc) is 2.79. The number of ether oxygens (including phenoxy) is 1. The number of amides is 2. The van der Waals surface area contributed by atoms with Crippen molar-refractivity contribution in [3.8, 4) is 5.75 Å². The van der Waals surface area contributed by atoms with Crippen molar-refractivity contribution in [3.05, 3.63) is 24.3 Å². The summed E-state index contributed by atoms with van der Waals surface area (Å²) in [5.41, 5.74) is 0.673. The summed E-state index contributed by atoms with van der Waals surface area (Å²) in [5.74, 6) is 0.657. The van der Waals surface area contributed by atoms with Crippen LogP contribution in [-0.4, -0.2) is 49.0 Å². The SMILES string of the molecule is COc1ccccc1NC(=O)CN1C2CCC1CC(=O)NC2. The summed E-state index contributed by atoms with van der Waals surface area (Å²) in [6.45, 7) is 0.944. The van der Waals surface area contributed by atoms with Crippen LogP contribution < -0.4 is 15.4 Å². The number of hydrogen-bond acceptors (Lipinski definition) is 4. The first-order valence-corrected chi connectivity index (χ1v) is 7.62. The third-order valence-corrected chi connectivity index (χ3v) is 4.43. The summed E-state index contributed by atoms with van der Waals surface area (Å²) >= 11 is 0. The van der Waals surface area contributed by atoms with Crippen LogP contribution in [0.25, 0.3) is 0 Å².